The molecule has 0 aromatic heterocycles. The summed E-state index contributed by atoms with van der Waals surface area (Å²) in [6, 6.07) is 0. The number of hydrazine groups is 2. The lowest BCUT2D eigenvalue weighted by molar-refractivity contribution is -0.140. The van der Waals surface area contributed by atoms with E-state index >= 15 is 0 Å². The number of carbonyl (C=O) groups excluding carboxylic acids is 2. The largest absolute Gasteiger partial charge is 0.329 e. The van der Waals surface area contributed by atoms with Crippen LogP contribution in [0, 0.1) is 0 Å². The van der Waals surface area contributed by atoms with Crippen molar-refractivity contribution in [2.45, 2.75) is 51.4 Å². The van der Waals surface area contributed by atoms with Crippen molar-refractivity contribution >= 4 is 11.8 Å². The summed E-state index contributed by atoms with van der Waals surface area (Å²) in [5.74, 6) is -1.39. The lowest BCUT2D eigenvalue weighted by Gasteiger charge is -2.17. The minimum absolute atomic E-state index is 0.694. The number of amides is 2. The van der Waals surface area contributed by atoms with Crippen LogP contribution in [0.5, 0.6) is 0 Å². The molecular weight excluding hydrogens is 256 g/mol. The van der Waals surface area contributed by atoms with Gasteiger partial charge in [0, 0.05) is 11.4 Å². The number of carbonyl (C=O) groups is 2. The molecule has 0 saturated carbocycles. The highest BCUT2D eigenvalue weighted by Gasteiger charge is 2.14. The maximum absolute atomic E-state index is 11.6. The van der Waals surface area contributed by atoms with Crippen molar-refractivity contribution in [1.82, 2.24) is 21.7 Å². The Bertz CT molecular complexity index is 389. The van der Waals surface area contributed by atoms with Crippen LogP contribution in [0.2, 0.25) is 0 Å². The van der Waals surface area contributed by atoms with E-state index in [1.807, 2.05) is 12.2 Å². The highest BCUT2D eigenvalue weighted by atomic mass is 16.2. The number of hydrogen-bond donors (Lipinski definition) is 4. The fourth-order valence-electron chi connectivity index (χ4n) is 2.29. The minimum Gasteiger partial charge on any atom is -0.303 e. The Kier molecular flexibility index (Phi) is 5.46. The third-order valence-electron chi connectivity index (χ3n) is 3.46. The number of hydrogen-bond acceptors (Lipinski definition) is 4. The van der Waals surface area contributed by atoms with Crippen LogP contribution >= 0.6 is 0 Å². The van der Waals surface area contributed by atoms with E-state index in [1.165, 1.54) is 12.8 Å². The maximum Gasteiger partial charge on any atom is 0.329 e. The molecular formula is C14H22N4O2. The third kappa shape index (κ3) is 4.60. The number of nitrogens with one attached hydrogen (secondary N) is 4. The molecule has 2 aliphatic rings. The first-order valence-corrected chi connectivity index (χ1v) is 7.26. The van der Waals surface area contributed by atoms with Crippen LogP contribution in [0.3, 0.4) is 0 Å². The summed E-state index contributed by atoms with van der Waals surface area (Å²) < 4.78 is 0. The van der Waals surface area contributed by atoms with E-state index in [0.717, 1.165) is 49.9 Å². The van der Waals surface area contributed by atoms with Crippen molar-refractivity contribution in [3.8, 4) is 0 Å². The normalized spacial score (nSPS) is 18.4. The van der Waals surface area contributed by atoms with Crippen molar-refractivity contribution in [1.29, 1.82) is 0 Å². The molecule has 0 fully saturated rings. The van der Waals surface area contributed by atoms with Gasteiger partial charge in [0.25, 0.3) is 0 Å². The molecule has 4 N–H and O–H groups in total. The van der Waals surface area contributed by atoms with E-state index in [2.05, 4.69) is 21.7 Å². The smallest absolute Gasteiger partial charge is 0.303 e. The van der Waals surface area contributed by atoms with Gasteiger partial charge in [-0.05, 0) is 51.4 Å². The molecule has 2 amide bonds. The van der Waals surface area contributed by atoms with Gasteiger partial charge in [-0.25, -0.2) is 0 Å². The third-order valence-corrected chi connectivity index (χ3v) is 3.46. The molecule has 6 heteroatoms. The van der Waals surface area contributed by atoms with Crippen LogP contribution in [0.4, 0.5) is 0 Å². The molecule has 0 unspecified atom stereocenters. The second-order valence-corrected chi connectivity index (χ2v) is 5.11. The first-order valence-electron chi connectivity index (χ1n) is 7.26. The highest BCUT2D eigenvalue weighted by molar-refractivity contribution is 6.34. The zero-order valence-electron chi connectivity index (χ0n) is 11.6. The molecule has 110 valence electrons. The Morgan fingerprint density at radius 1 is 0.750 bits per heavy atom. The van der Waals surface area contributed by atoms with Gasteiger partial charge >= 0.3 is 11.8 Å². The van der Waals surface area contributed by atoms with Gasteiger partial charge in [-0.2, -0.15) is 0 Å². The maximum atomic E-state index is 11.6. The first-order chi connectivity index (χ1) is 9.75. The standard InChI is InChI=1S/C14H22N4O2/c19-13(17-15-11-7-3-1-4-8-11)14(20)18-16-12-9-5-2-6-10-12/h7,9,15-16H,1-6,8,10H2,(H,17,19)(H,18,20). The molecule has 0 aromatic rings. The summed E-state index contributed by atoms with van der Waals surface area (Å²) >= 11 is 0. The van der Waals surface area contributed by atoms with E-state index < -0.39 is 11.8 Å². The molecule has 0 aliphatic heterocycles. The molecule has 0 heterocycles. The predicted molar refractivity (Wildman–Crippen MR) is 75.7 cm³/mol. The lowest BCUT2D eigenvalue weighted by atomic mass is 10.1. The average Bonchev–Trinajstić information content (AvgIpc) is 2.52. The molecule has 6 nitrogen and oxygen atoms in total. The topological polar surface area (TPSA) is 82.3 Å². The summed E-state index contributed by atoms with van der Waals surface area (Å²) in [5, 5.41) is 0. The second kappa shape index (κ2) is 7.57. The van der Waals surface area contributed by atoms with Crippen molar-refractivity contribution in [3.63, 3.8) is 0 Å². The fraction of sp³-hybridized carbons (Fsp3) is 0.571. The van der Waals surface area contributed by atoms with Crippen LogP contribution in [0.15, 0.2) is 23.5 Å². The van der Waals surface area contributed by atoms with Crippen LogP contribution in [-0.2, 0) is 9.59 Å². The molecule has 2 rings (SSSR count). The zero-order valence-corrected chi connectivity index (χ0v) is 11.6. The van der Waals surface area contributed by atoms with Crippen molar-refractivity contribution in [2.24, 2.45) is 0 Å². The second-order valence-electron chi connectivity index (χ2n) is 5.11. The summed E-state index contributed by atoms with van der Waals surface area (Å²) in [6.07, 6.45) is 12.5. The molecule has 0 radical (unpaired) electrons. The van der Waals surface area contributed by atoms with Crippen LogP contribution in [-0.4, -0.2) is 11.8 Å². The quantitative estimate of drug-likeness (QED) is 0.459. The van der Waals surface area contributed by atoms with Gasteiger partial charge in [-0.15, -0.1) is 0 Å². The Hall–Kier alpha value is -1.98. The van der Waals surface area contributed by atoms with Gasteiger partial charge in [0.2, 0.25) is 0 Å². The van der Waals surface area contributed by atoms with Crippen LogP contribution in [0.1, 0.15) is 51.4 Å². The number of rotatable bonds is 4. The van der Waals surface area contributed by atoms with E-state index in [4.69, 9.17) is 0 Å². The van der Waals surface area contributed by atoms with E-state index in [1.54, 1.807) is 0 Å². The van der Waals surface area contributed by atoms with E-state index in [9.17, 15) is 9.59 Å². The van der Waals surface area contributed by atoms with E-state index in [0.29, 0.717) is 0 Å². The Morgan fingerprint density at radius 2 is 1.20 bits per heavy atom. The molecule has 0 atom stereocenters. The summed E-state index contributed by atoms with van der Waals surface area (Å²) in [6.45, 7) is 0. The van der Waals surface area contributed by atoms with E-state index in [-0.39, 0.29) is 0 Å². The fourth-order valence-corrected chi connectivity index (χ4v) is 2.29. The Morgan fingerprint density at radius 3 is 1.55 bits per heavy atom. The summed E-state index contributed by atoms with van der Waals surface area (Å²) in [4.78, 5) is 23.2. The van der Waals surface area contributed by atoms with Crippen molar-refractivity contribution in [3.05, 3.63) is 23.5 Å². The molecule has 20 heavy (non-hydrogen) atoms. The van der Waals surface area contributed by atoms with Crippen LogP contribution < -0.4 is 21.7 Å². The Labute approximate surface area is 119 Å². The number of allylic oxidation sites excluding steroid dienone is 4. The molecule has 0 aromatic carbocycles. The van der Waals surface area contributed by atoms with Crippen molar-refractivity contribution in [2.75, 3.05) is 0 Å². The Balaban J connectivity index is 1.67. The molecule has 0 saturated heterocycles. The van der Waals surface area contributed by atoms with Gasteiger partial charge in [-0.1, -0.05) is 12.2 Å². The van der Waals surface area contributed by atoms with Gasteiger partial charge in [0.1, 0.15) is 0 Å². The zero-order chi connectivity index (χ0) is 14.2. The first kappa shape index (κ1) is 14.4. The van der Waals surface area contributed by atoms with Gasteiger partial charge in [0.15, 0.2) is 0 Å². The monoisotopic (exact) mass is 278 g/mol. The predicted octanol–water partition coefficient (Wildman–Crippen LogP) is 1.14. The summed E-state index contributed by atoms with van der Waals surface area (Å²) in [5.41, 5.74) is 12.4. The van der Waals surface area contributed by atoms with Crippen LogP contribution in [0.25, 0.3) is 0 Å². The van der Waals surface area contributed by atoms with Crippen molar-refractivity contribution < 1.29 is 9.59 Å². The molecule has 0 bridgehead atoms. The van der Waals surface area contributed by atoms with Gasteiger partial charge in [0.05, 0.1) is 0 Å². The minimum atomic E-state index is -0.694. The van der Waals surface area contributed by atoms with Gasteiger partial charge in [-0.3, -0.25) is 20.4 Å². The van der Waals surface area contributed by atoms with Gasteiger partial charge < -0.3 is 10.9 Å². The SMILES string of the molecule is O=C(NNC1=CCCCC1)C(=O)NNC1=CCCCC1. The average molecular weight is 278 g/mol. The summed E-state index contributed by atoms with van der Waals surface area (Å²) in [7, 11) is 0. The molecule has 2 aliphatic carbocycles. The highest BCUT2D eigenvalue weighted by Crippen LogP contribution is 2.14. The molecule has 0 spiro atoms. The lowest BCUT2D eigenvalue weighted by Crippen LogP contribution is -2.49.